The Bertz CT molecular complexity index is 763. The summed E-state index contributed by atoms with van der Waals surface area (Å²) < 4.78 is 13.0. The van der Waals surface area contributed by atoms with Crippen LogP contribution < -0.4 is 0 Å². The Morgan fingerprint density at radius 2 is 1.96 bits per heavy atom. The van der Waals surface area contributed by atoms with Crippen molar-refractivity contribution in [3.63, 3.8) is 0 Å². The Labute approximate surface area is 166 Å². The summed E-state index contributed by atoms with van der Waals surface area (Å²) in [6.45, 7) is 5.77. The van der Waals surface area contributed by atoms with E-state index in [-0.39, 0.29) is 11.7 Å². The van der Waals surface area contributed by atoms with Gasteiger partial charge in [-0.2, -0.15) is 0 Å². The molecule has 0 bridgehead atoms. The van der Waals surface area contributed by atoms with E-state index in [9.17, 15) is 9.18 Å². The maximum atomic E-state index is 13.0. The van der Waals surface area contributed by atoms with Crippen LogP contribution >= 0.6 is 0 Å². The minimum Gasteiger partial charge on any atom is -0.341 e. The van der Waals surface area contributed by atoms with Crippen LogP contribution in [-0.2, 0) is 12.8 Å². The number of rotatable bonds is 7. The Balaban J connectivity index is 1.49. The number of nitrogens with zero attached hydrogens (tertiary/aromatic N) is 4. The number of piperidine rings is 1. The molecule has 0 radical (unpaired) electrons. The van der Waals surface area contributed by atoms with Gasteiger partial charge in [-0.25, -0.2) is 14.4 Å². The predicted molar refractivity (Wildman–Crippen MR) is 108 cm³/mol. The summed E-state index contributed by atoms with van der Waals surface area (Å²) in [6.07, 6.45) is 7.21. The molecule has 2 heterocycles. The zero-order valence-corrected chi connectivity index (χ0v) is 16.8. The van der Waals surface area contributed by atoms with Crippen molar-refractivity contribution in [3.8, 4) is 0 Å². The lowest BCUT2D eigenvalue weighted by atomic mass is 9.97. The van der Waals surface area contributed by atoms with Gasteiger partial charge in [0, 0.05) is 45.5 Å². The minimum absolute atomic E-state index is 0.0221. The van der Waals surface area contributed by atoms with Crippen molar-refractivity contribution < 1.29 is 9.18 Å². The molecule has 1 aliphatic heterocycles. The minimum atomic E-state index is -0.191. The average Bonchev–Trinajstić information content (AvgIpc) is 2.73. The van der Waals surface area contributed by atoms with Gasteiger partial charge in [0.1, 0.15) is 11.6 Å². The van der Waals surface area contributed by atoms with Gasteiger partial charge in [0.05, 0.1) is 5.56 Å². The van der Waals surface area contributed by atoms with Gasteiger partial charge in [0.15, 0.2) is 0 Å². The van der Waals surface area contributed by atoms with Crippen LogP contribution in [0, 0.1) is 11.7 Å². The van der Waals surface area contributed by atoms with Gasteiger partial charge in [0.25, 0.3) is 5.91 Å². The zero-order chi connectivity index (χ0) is 19.9. The zero-order valence-electron chi connectivity index (χ0n) is 16.8. The van der Waals surface area contributed by atoms with Crippen LogP contribution in [0.2, 0.25) is 0 Å². The summed E-state index contributed by atoms with van der Waals surface area (Å²) in [5.41, 5.74) is 1.70. The van der Waals surface area contributed by atoms with E-state index in [0.29, 0.717) is 11.5 Å². The van der Waals surface area contributed by atoms with Crippen LogP contribution in [0.3, 0.4) is 0 Å². The largest absolute Gasteiger partial charge is 0.341 e. The van der Waals surface area contributed by atoms with Crippen LogP contribution in [0.25, 0.3) is 0 Å². The lowest BCUT2D eigenvalue weighted by molar-refractivity contribution is 0.0729. The number of benzene rings is 1. The highest BCUT2D eigenvalue weighted by Gasteiger charge is 2.23. The maximum absolute atomic E-state index is 13.0. The van der Waals surface area contributed by atoms with E-state index >= 15 is 0 Å². The van der Waals surface area contributed by atoms with Gasteiger partial charge in [-0.15, -0.1) is 0 Å². The van der Waals surface area contributed by atoms with Crippen molar-refractivity contribution in [2.45, 2.75) is 32.6 Å². The van der Waals surface area contributed by atoms with E-state index in [4.69, 9.17) is 0 Å². The molecule has 0 spiro atoms. The first kappa shape index (κ1) is 20.4. The normalized spacial score (nSPS) is 17.5. The lowest BCUT2D eigenvalue weighted by Gasteiger charge is -2.34. The van der Waals surface area contributed by atoms with E-state index < -0.39 is 0 Å². The topological polar surface area (TPSA) is 49.3 Å². The molecule has 0 saturated carbocycles. The van der Waals surface area contributed by atoms with Crippen LogP contribution in [0.4, 0.5) is 4.39 Å². The average molecular weight is 384 g/mol. The number of aryl methyl sites for hydroxylation is 1. The number of carbonyl (C=O) groups is 1. The van der Waals surface area contributed by atoms with E-state index in [0.717, 1.165) is 63.3 Å². The van der Waals surface area contributed by atoms with Gasteiger partial charge >= 0.3 is 0 Å². The van der Waals surface area contributed by atoms with Gasteiger partial charge in [-0.05, 0) is 49.4 Å². The summed E-state index contributed by atoms with van der Waals surface area (Å²) in [6, 6.07) is 6.75. The molecule has 150 valence electrons. The van der Waals surface area contributed by atoms with Crippen LogP contribution in [-0.4, -0.2) is 58.9 Å². The van der Waals surface area contributed by atoms with Crippen LogP contribution in [0.15, 0.2) is 36.7 Å². The fourth-order valence-electron chi connectivity index (χ4n) is 3.78. The van der Waals surface area contributed by atoms with Gasteiger partial charge in [-0.3, -0.25) is 4.79 Å². The summed E-state index contributed by atoms with van der Waals surface area (Å²) in [4.78, 5) is 25.3. The lowest BCUT2D eigenvalue weighted by Crippen LogP contribution is -2.42. The molecular formula is C22H29FN4O. The Kier molecular flexibility index (Phi) is 7.09. The van der Waals surface area contributed by atoms with E-state index in [1.165, 1.54) is 12.1 Å². The second-order valence-electron chi connectivity index (χ2n) is 7.61. The molecule has 2 aromatic rings. The first-order valence-corrected chi connectivity index (χ1v) is 10.1. The fraction of sp³-hybridized carbons (Fsp3) is 0.500. The molecule has 1 aliphatic rings. The first-order chi connectivity index (χ1) is 13.5. The summed E-state index contributed by atoms with van der Waals surface area (Å²) in [5.74, 6) is 1.00. The monoisotopic (exact) mass is 384 g/mol. The third-order valence-electron chi connectivity index (χ3n) is 5.38. The third kappa shape index (κ3) is 5.58. The Hall–Kier alpha value is -2.34. The molecule has 3 rings (SSSR count). The number of aromatic nitrogens is 2. The van der Waals surface area contributed by atoms with Gasteiger partial charge in [-0.1, -0.05) is 19.1 Å². The van der Waals surface area contributed by atoms with Crippen molar-refractivity contribution >= 4 is 5.91 Å². The highest BCUT2D eigenvalue weighted by Crippen LogP contribution is 2.18. The molecule has 1 unspecified atom stereocenters. The number of hydrogen-bond donors (Lipinski definition) is 0. The van der Waals surface area contributed by atoms with Crippen molar-refractivity contribution in [2.24, 2.45) is 5.92 Å². The quantitative estimate of drug-likeness (QED) is 0.736. The van der Waals surface area contributed by atoms with E-state index in [2.05, 4.69) is 14.9 Å². The smallest absolute Gasteiger partial charge is 0.256 e. The molecule has 28 heavy (non-hydrogen) atoms. The van der Waals surface area contributed by atoms with Crippen LogP contribution in [0.5, 0.6) is 0 Å². The molecule has 1 fully saturated rings. The van der Waals surface area contributed by atoms with Crippen molar-refractivity contribution in [1.29, 1.82) is 0 Å². The second-order valence-corrected chi connectivity index (χ2v) is 7.61. The number of halogens is 1. The Morgan fingerprint density at radius 3 is 2.64 bits per heavy atom. The van der Waals surface area contributed by atoms with Gasteiger partial charge < -0.3 is 9.80 Å². The summed E-state index contributed by atoms with van der Waals surface area (Å²) in [5, 5.41) is 0. The highest BCUT2D eigenvalue weighted by atomic mass is 19.1. The molecular weight excluding hydrogens is 355 g/mol. The molecule has 1 aromatic heterocycles. The molecule has 1 aromatic carbocycles. The number of carbonyl (C=O) groups excluding carboxylic acids is 1. The summed E-state index contributed by atoms with van der Waals surface area (Å²) in [7, 11) is 1.85. The first-order valence-electron chi connectivity index (χ1n) is 10.1. The highest BCUT2D eigenvalue weighted by molar-refractivity contribution is 5.93. The molecule has 0 N–H and O–H groups in total. The number of likely N-dealkylation sites (tertiary alicyclic amines) is 1. The molecule has 6 heteroatoms. The standard InChI is InChI=1S/C22H29FN4O/c1-3-21-24-13-19(14-25-21)22(28)26(2)15-18-5-4-11-27(16-18)12-10-17-6-8-20(23)9-7-17/h6-9,13-14,18H,3-5,10-12,15-16H2,1-2H3. The van der Waals surface area contributed by atoms with E-state index in [1.54, 1.807) is 17.3 Å². The Morgan fingerprint density at radius 1 is 1.25 bits per heavy atom. The predicted octanol–water partition coefficient (Wildman–Crippen LogP) is 3.20. The van der Waals surface area contributed by atoms with Crippen molar-refractivity contribution in [1.82, 2.24) is 19.8 Å². The van der Waals surface area contributed by atoms with Gasteiger partial charge in [0.2, 0.25) is 0 Å². The molecule has 1 amide bonds. The summed E-state index contributed by atoms with van der Waals surface area (Å²) >= 11 is 0. The molecule has 1 atom stereocenters. The molecule has 0 aliphatic carbocycles. The maximum Gasteiger partial charge on any atom is 0.256 e. The third-order valence-corrected chi connectivity index (χ3v) is 5.38. The van der Waals surface area contributed by atoms with E-state index in [1.807, 2.05) is 26.1 Å². The molecule has 1 saturated heterocycles. The second kappa shape index (κ2) is 9.73. The van der Waals surface area contributed by atoms with Crippen molar-refractivity contribution in [3.05, 3.63) is 59.4 Å². The molecule has 5 nitrogen and oxygen atoms in total. The number of hydrogen-bond acceptors (Lipinski definition) is 4. The fourth-order valence-corrected chi connectivity index (χ4v) is 3.78. The van der Waals surface area contributed by atoms with Crippen LogP contribution in [0.1, 0.15) is 41.5 Å². The number of amides is 1. The van der Waals surface area contributed by atoms with Crippen molar-refractivity contribution in [2.75, 3.05) is 33.2 Å². The SMILES string of the molecule is CCc1ncc(C(=O)N(C)CC2CCCN(CCc3ccc(F)cc3)C2)cn1.